The zero-order valence-electron chi connectivity index (χ0n) is 21.2. The highest BCUT2D eigenvalue weighted by molar-refractivity contribution is 7.47. The maximum atomic E-state index is 12.8. The van der Waals surface area contributed by atoms with Crippen molar-refractivity contribution in [2.75, 3.05) is 18.9 Å². The summed E-state index contributed by atoms with van der Waals surface area (Å²) in [5.41, 5.74) is 4.46. The van der Waals surface area contributed by atoms with Gasteiger partial charge >= 0.3 is 19.5 Å². The molecule has 21 heteroatoms. The summed E-state index contributed by atoms with van der Waals surface area (Å²) in [5, 5.41) is 72.7. The van der Waals surface area contributed by atoms with Gasteiger partial charge in [0.05, 0.1) is 25.4 Å². The first kappa shape index (κ1) is 32.9. The fourth-order valence-corrected chi connectivity index (χ4v) is 5.27. The average molecular weight is 614 g/mol. The maximum absolute atomic E-state index is 12.8. The number of nitrogen functional groups attached to an aromatic ring is 1. The summed E-state index contributed by atoms with van der Waals surface area (Å²) >= 11 is 0. The Morgan fingerprint density at radius 2 is 1.98 bits per heavy atom. The zero-order chi connectivity index (χ0) is 30.9. The Bertz CT molecular complexity index is 1220. The molecule has 11 N–H and O–H groups in total. The van der Waals surface area contributed by atoms with Crippen molar-refractivity contribution >= 4 is 25.5 Å². The summed E-state index contributed by atoms with van der Waals surface area (Å²) in [6.45, 7) is -1.05. The van der Waals surface area contributed by atoms with E-state index in [-0.39, 0.29) is 5.82 Å². The van der Waals surface area contributed by atoms with Crippen molar-refractivity contribution in [3.05, 3.63) is 22.7 Å². The van der Waals surface area contributed by atoms with Gasteiger partial charge in [-0.1, -0.05) is 0 Å². The highest BCUT2D eigenvalue weighted by Crippen LogP contribution is 2.51. The van der Waals surface area contributed by atoms with Crippen LogP contribution in [0.5, 0.6) is 0 Å². The number of phosphoric acid groups is 1. The molecule has 0 spiro atoms. The fourth-order valence-electron chi connectivity index (χ4n) is 4.32. The van der Waals surface area contributed by atoms with Gasteiger partial charge in [-0.25, -0.2) is 18.7 Å². The Hall–Kier alpha value is -2.59. The van der Waals surface area contributed by atoms with E-state index in [9.17, 15) is 59.6 Å². The highest BCUT2D eigenvalue weighted by atomic mass is 31.2. The quantitative estimate of drug-likeness (QED) is 0.104. The van der Waals surface area contributed by atoms with E-state index in [0.717, 1.165) is 17.7 Å². The van der Waals surface area contributed by atoms with Gasteiger partial charge in [0.15, 0.2) is 6.23 Å². The number of aliphatic hydroxyl groups excluding tert-OH is 6. The molecule has 0 aliphatic carbocycles. The molecule has 0 saturated carbocycles. The minimum atomic E-state index is -5.52. The second kappa shape index (κ2) is 12.7. The zero-order valence-corrected chi connectivity index (χ0v) is 22.1. The number of carbonyl (C=O) groups is 2. The number of amides is 1. The van der Waals surface area contributed by atoms with Crippen molar-refractivity contribution < 1.29 is 73.3 Å². The molecule has 0 aromatic carbocycles. The van der Waals surface area contributed by atoms with E-state index >= 15 is 0 Å². The number of phosphoric ester groups is 1. The normalized spacial score (nSPS) is 34.9. The lowest BCUT2D eigenvalue weighted by Crippen LogP contribution is -2.67. The second-order valence-corrected chi connectivity index (χ2v) is 10.7. The number of hydrogen-bond donors (Lipinski definition) is 10. The number of carbonyl (C=O) groups excluding carboxylic acids is 1. The van der Waals surface area contributed by atoms with Gasteiger partial charge in [0.1, 0.15) is 42.4 Å². The van der Waals surface area contributed by atoms with Crippen LogP contribution in [0.4, 0.5) is 5.82 Å². The van der Waals surface area contributed by atoms with E-state index in [4.69, 9.17) is 24.3 Å². The summed E-state index contributed by atoms with van der Waals surface area (Å²) in [6, 6.07) is -0.362. The lowest BCUT2D eigenvalue weighted by molar-refractivity contribution is -0.289. The maximum Gasteiger partial charge on any atom is 0.475 e. The lowest BCUT2D eigenvalue weighted by atomic mass is 9.88. The topological polar surface area (TPSA) is 323 Å². The van der Waals surface area contributed by atoms with Crippen molar-refractivity contribution in [2.45, 2.75) is 74.1 Å². The molecule has 232 valence electrons. The predicted octanol–water partition coefficient (Wildman–Crippen LogP) is -5.27. The Balaban J connectivity index is 1.79. The van der Waals surface area contributed by atoms with E-state index in [2.05, 4.69) is 10.3 Å². The third-order valence-corrected chi connectivity index (χ3v) is 7.32. The van der Waals surface area contributed by atoms with Gasteiger partial charge in [0, 0.05) is 19.5 Å². The first-order valence-corrected chi connectivity index (χ1v) is 13.4. The van der Waals surface area contributed by atoms with Crippen LogP contribution >= 0.6 is 7.82 Å². The molecule has 3 heterocycles. The molecular weight excluding hydrogens is 583 g/mol. The Morgan fingerprint density at radius 1 is 1.32 bits per heavy atom. The number of anilines is 1. The number of aliphatic carboxylic acids is 1. The first-order chi connectivity index (χ1) is 19.0. The second-order valence-electron chi connectivity index (χ2n) is 9.32. The van der Waals surface area contributed by atoms with Crippen molar-refractivity contribution in [1.29, 1.82) is 0 Å². The molecule has 3 rings (SSSR count). The molecule has 1 unspecified atom stereocenters. The third-order valence-electron chi connectivity index (χ3n) is 6.31. The molecule has 2 aliphatic rings. The SMILES string of the molecule is CC(=O)N[C@H]1[C@H]([C@H](O)[C@H](O)CO)O[C@](OP(=O)(O)OC[C@H]2O[C@@H](n3ccc(N)nc3=O)[C@H](O)[C@@H]2O)(C(=O)O)C[C@@H]1O. The van der Waals surface area contributed by atoms with E-state index in [0.29, 0.717) is 0 Å². The van der Waals surface area contributed by atoms with E-state index in [1.54, 1.807) is 0 Å². The van der Waals surface area contributed by atoms with Crippen LogP contribution in [0.1, 0.15) is 19.6 Å². The number of carboxylic acids is 1. The number of aromatic nitrogens is 2. The largest absolute Gasteiger partial charge is 0.477 e. The van der Waals surface area contributed by atoms with Gasteiger partial charge in [-0.15, -0.1) is 0 Å². The molecule has 20 nitrogen and oxygen atoms in total. The van der Waals surface area contributed by atoms with Crippen LogP contribution in [0, 0.1) is 0 Å². The monoisotopic (exact) mass is 614 g/mol. The molecule has 0 bridgehead atoms. The Morgan fingerprint density at radius 3 is 2.54 bits per heavy atom. The predicted molar refractivity (Wildman–Crippen MR) is 128 cm³/mol. The molecule has 0 radical (unpaired) electrons. The van der Waals surface area contributed by atoms with Crippen LogP contribution in [-0.2, 0) is 32.7 Å². The van der Waals surface area contributed by atoms with Gasteiger partial charge in [0.25, 0.3) is 5.79 Å². The molecular formula is C20H31N4O16P. The van der Waals surface area contributed by atoms with Gasteiger partial charge in [-0.2, -0.15) is 4.98 Å². The van der Waals surface area contributed by atoms with Crippen molar-refractivity contribution in [3.63, 3.8) is 0 Å². The van der Waals surface area contributed by atoms with Gasteiger partial charge in [-0.05, 0) is 6.07 Å². The van der Waals surface area contributed by atoms with E-state index in [1.807, 2.05) is 0 Å². The summed E-state index contributed by atoms with van der Waals surface area (Å²) in [6.07, 6.45) is -14.6. The molecule has 1 aromatic rings. The van der Waals surface area contributed by atoms with Gasteiger partial charge in [0.2, 0.25) is 5.91 Å². The molecule has 41 heavy (non-hydrogen) atoms. The minimum absolute atomic E-state index is 0.135. The summed E-state index contributed by atoms with van der Waals surface area (Å²) in [5.74, 6) is -6.20. The van der Waals surface area contributed by atoms with Crippen LogP contribution in [0.3, 0.4) is 0 Å². The van der Waals surface area contributed by atoms with E-state index in [1.165, 1.54) is 6.07 Å². The lowest BCUT2D eigenvalue weighted by Gasteiger charge is -2.46. The number of aliphatic hydroxyl groups is 6. The average Bonchev–Trinajstić information content (AvgIpc) is 3.16. The van der Waals surface area contributed by atoms with Crippen LogP contribution in [0.25, 0.3) is 0 Å². The van der Waals surface area contributed by atoms with E-state index < -0.39 is 106 Å². The molecule has 2 aliphatic heterocycles. The summed E-state index contributed by atoms with van der Waals surface area (Å²) in [4.78, 5) is 49.6. The Kier molecular flexibility index (Phi) is 10.2. The van der Waals surface area contributed by atoms with Crippen molar-refractivity contribution in [3.8, 4) is 0 Å². The molecule has 2 fully saturated rings. The molecule has 1 amide bonds. The number of nitrogens with two attached hydrogens (primary N) is 1. The number of hydrogen-bond acceptors (Lipinski definition) is 16. The Labute approximate surface area is 230 Å². The summed E-state index contributed by atoms with van der Waals surface area (Å²) in [7, 11) is -5.52. The smallest absolute Gasteiger partial charge is 0.475 e. The molecule has 1 aromatic heterocycles. The minimum Gasteiger partial charge on any atom is -0.477 e. The first-order valence-electron chi connectivity index (χ1n) is 11.9. The van der Waals surface area contributed by atoms with Crippen LogP contribution < -0.4 is 16.7 Å². The highest BCUT2D eigenvalue weighted by Gasteiger charge is 2.59. The fraction of sp³-hybridized carbons (Fsp3) is 0.700. The van der Waals surface area contributed by atoms with Gasteiger partial charge < -0.3 is 61.2 Å². The van der Waals surface area contributed by atoms with Gasteiger partial charge in [-0.3, -0.25) is 13.9 Å². The van der Waals surface area contributed by atoms with Crippen LogP contribution in [0.15, 0.2) is 17.1 Å². The van der Waals surface area contributed by atoms with Crippen LogP contribution in [-0.4, -0.2) is 130 Å². The number of ether oxygens (including phenoxy) is 2. The number of nitrogens with one attached hydrogen (secondary N) is 1. The number of rotatable bonds is 11. The molecule has 11 atom stereocenters. The van der Waals surface area contributed by atoms with Crippen molar-refractivity contribution in [1.82, 2.24) is 14.9 Å². The molecule has 2 saturated heterocycles. The summed E-state index contributed by atoms with van der Waals surface area (Å²) < 4.78 is 33.7. The third kappa shape index (κ3) is 7.25. The van der Waals surface area contributed by atoms with Crippen molar-refractivity contribution in [2.24, 2.45) is 0 Å². The standard InChI is InChI=1S/C20H31N4O16P/c1-7(26)22-12-8(27)4-20(18(32)33,39-16(12)13(29)9(28)5-25)40-41(35,36)37-6-10-14(30)15(31)17(38-10)24-3-2-11(21)23-19(24)34/h2-3,8-10,12-17,25,27-31H,4-6H2,1H3,(H,22,26)(H,32,33)(H,35,36)(H2,21,23,34)/t8-,9+,10+,12+,13+,14+,15+,16+,17+,20+/m0/s1. The number of carboxylic acid groups (broad SMARTS) is 1. The van der Waals surface area contributed by atoms with Crippen LogP contribution in [0.2, 0.25) is 0 Å². The number of nitrogens with zero attached hydrogens (tertiary/aromatic N) is 2.